The van der Waals surface area contributed by atoms with Crippen molar-refractivity contribution >= 4 is 18.0 Å². The van der Waals surface area contributed by atoms with Crippen LogP contribution in [0.1, 0.15) is 21.6 Å². The first kappa shape index (κ1) is 14.5. The van der Waals surface area contributed by atoms with Crippen LogP contribution in [0.3, 0.4) is 0 Å². The Morgan fingerprint density at radius 1 is 1.43 bits per heavy atom. The molecule has 0 aliphatic rings. The Labute approximate surface area is 121 Å². The van der Waals surface area contributed by atoms with Gasteiger partial charge >= 0.3 is 5.97 Å². The molecule has 21 heavy (non-hydrogen) atoms. The summed E-state index contributed by atoms with van der Waals surface area (Å²) in [6.45, 7) is 0.351. The summed E-state index contributed by atoms with van der Waals surface area (Å²) in [5.41, 5.74) is 2.01. The molecule has 1 aromatic heterocycles. The first-order chi connectivity index (χ1) is 10.0. The molecule has 2 rings (SSSR count). The van der Waals surface area contributed by atoms with E-state index in [9.17, 15) is 9.59 Å². The van der Waals surface area contributed by atoms with Crippen molar-refractivity contribution in [3.05, 3.63) is 59.7 Å². The SMILES string of the molecule is Cn1cnc(C(=O)NCc2cccc(/C=C/C(=O)O)c2)c1. The molecule has 6 heteroatoms. The number of hydrogen-bond acceptors (Lipinski definition) is 3. The number of rotatable bonds is 5. The highest BCUT2D eigenvalue weighted by molar-refractivity contribution is 5.92. The number of aromatic nitrogens is 2. The van der Waals surface area contributed by atoms with E-state index in [0.717, 1.165) is 17.2 Å². The van der Waals surface area contributed by atoms with E-state index in [1.54, 1.807) is 30.2 Å². The third-order valence-corrected chi connectivity index (χ3v) is 2.76. The smallest absolute Gasteiger partial charge is 0.328 e. The fraction of sp³-hybridized carbons (Fsp3) is 0.133. The van der Waals surface area contributed by atoms with Gasteiger partial charge in [-0.25, -0.2) is 9.78 Å². The summed E-state index contributed by atoms with van der Waals surface area (Å²) in [5.74, 6) is -1.24. The Bertz CT molecular complexity index is 689. The number of carbonyl (C=O) groups excluding carboxylic acids is 1. The minimum atomic E-state index is -0.996. The zero-order valence-electron chi connectivity index (χ0n) is 11.5. The summed E-state index contributed by atoms with van der Waals surface area (Å²) in [5, 5.41) is 11.4. The summed E-state index contributed by atoms with van der Waals surface area (Å²) in [6.07, 6.45) is 5.78. The molecule has 2 aromatic rings. The fourth-order valence-corrected chi connectivity index (χ4v) is 1.78. The Balaban J connectivity index is 1.98. The molecule has 0 fully saturated rings. The monoisotopic (exact) mass is 285 g/mol. The fourth-order valence-electron chi connectivity index (χ4n) is 1.78. The molecule has 0 spiro atoms. The van der Waals surface area contributed by atoms with Crippen LogP contribution in [-0.2, 0) is 18.4 Å². The van der Waals surface area contributed by atoms with Crippen LogP contribution in [0.25, 0.3) is 6.08 Å². The highest BCUT2D eigenvalue weighted by atomic mass is 16.4. The summed E-state index contributed by atoms with van der Waals surface area (Å²) in [7, 11) is 1.79. The van der Waals surface area contributed by atoms with Crippen LogP contribution < -0.4 is 5.32 Å². The minimum absolute atomic E-state index is 0.248. The first-order valence-corrected chi connectivity index (χ1v) is 6.31. The molecular weight excluding hydrogens is 270 g/mol. The van der Waals surface area contributed by atoms with Gasteiger partial charge in [-0.05, 0) is 23.3 Å². The van der Waals surface area contributed by atoms with Crippen molar-refractivity contribution in [3.8, 4) is 0 Å². The van der Waals surface area contributed by atoms with Crippen molar-refractivity contribution in [2.75, 3.05) is 0 Å². The Morgan fingerprint density at radius 2 is 2.24 bits per heavy atom. The number of benzene rings is 1. The molecule has 0 radical (unpaired) electrons. The number of hydrogen-bond donors (Lipinski definition) is 2. The van der Waals surface area contributed by atoms with Gasteiger partial charge in [0.05, 0.1) is 6.33 Å². The lowest BCUT2D eigenvalue weighted by Gasteiger charge is -2.04. The van der Waals surface area contributed by atoms with Gasteiger partial charge in [-0.3, -0.25) is 4.79 Å². The molecule has 1 amide bonds. The van der Waals surface area contributed by atoms with Crippen LogP contribution in [0.4, 0.5) is 0 Å². The predicted molar refractivity (Wildman–Crippen MR) is 77.5 cm³/mol. The molecule has 1 heterocycles. The van der Waals surface area contributed by atoms with Gasteiger partial charge in [-0.2, -0.15) is 0 Å². The summed E-state index contributed by atoms with van der Waals surface area (Å²) in [4.78, 5) is 26.3. The van der Waals surface area contributed by atoms with E-state index >= 15 is 0 Å². The Morgan fingerprint density at radius 3 is 2.90 bits per heavy atom. The van der Waals surface area contributed by atoms with Crippen molar-refractivity contribution in [2.45, 2.75) is 6.54 Å². The van der Waals surface area contributed by atoms with Crippen LogP contribution in [0.15, 0.2) is 42.9 Å². The second kappa shape index (κ2) is 6.51. The number of nitrogens with zero attached hydrogens (tertiary/aromatic N) is 2. The van der Waals surface area contributed by atoms with Crippen molar-refractivity contribution in [1.29, 1.82) is 0 Å². The van der Waals surface area contributed by atoms with E-state index in [0.29, 0.717) is 12.2 Å². The maximum atomic E-state index is 11.9. The maximum Gasteiger partial charge on any atom is 0.328 e. The van der Waals surface area contributed by atoms with Gasteiger partial charge in [-0.15, -0.1) is 0 Å². The molecule has 0 saturated heterocycles. The van der Waals surface area contributed by atoms with E-state index in [-0.39, 0.29) is 5.91 Å². The number of carbonyl (C=O) groups is 2. The topological polar surface area (TPSA) is 84.2 Å². The first-order valence-electron chi connectivity index (χ1n) is 6.31. The van der Waals surface area contributed by atoms with Crippen molar-refractivity contribution < 1.29 is 14.7 Å². The molecule has 0 aliphatic carbocycles. The average Bonchev–Trinajstić information content (AvgIpc) is 2.90. The van der Waals surface area contributed by atoms with E-state index in [1.807, 2.05) is 18.2 Å². The van der Waals surface area contributed by atoms with E-state index in [2.05, 4.69) is 10.3 Å². The molecule has 0 atom stereocenters. The third-order valence-electron chi connectivity index (χ3n) is 2.76. The molecular formula is C15H15N3O3. The number of aryl methyl sites for hydroxylation is 1. The van der Waals surface area contributed by atoms with Crippen molar-refractivity contribution in [3.63, 3.8) is 0 Å². The summed E-state index contributed by atoms with van der Waals surface area (Å²) < 4.78 is 1.70. The van der Waals surface area contributed by atoms with Crippen molar-refractivity contribution in [2.24, 2.45) is 7.05 Å². The van der Waals surface area contributed by atoms with Gasteiger partial charge in [0.1, 0.15) is 5.69 Å². The van der Waals surface area contributed by atoms with Crippen LogP contribution >= 0.6 is 0 Å². The van der Waals surface area contributed by atoms with E-state index in [1.165, 1.54) is 6.08 Å². The normalized spacial score (nSPS) is 10.7. The lowest BCUT2D eigenvalue weighted by atomic mass is 10.1. The lowest BCUT2D eigenvalue weighted by Crippen LogP contribution is -2.23. The van der Waals surface area contributed by atoms with Crippen LogP contribution in [0.5, 0.6) is 0 Å². The number of carboxylic acids is 1. The molecule has 2 N–H and O–H groups in total. The van der Waals surface area contributed by atoms with Crippen LogP contribution in [0, 0.1) is 0 Å². The van der Waals surface area contributed by atoms with E-state index < -0.39 is 5.97 Å². The lowest BCUT2D eigenvalue weighted by molar-refractivity contribution is -0.131. The summed E-state index contributed by atoms with van der Waals surface area (Å²) >= 11 is 0. The minimum Gasteiger partial charge on any atom is -0.478 e. The van der Waals surface area contributed by atoms with Gasteiger partial charge < -0.3 is 15.0 Å². The van der Waals surface area contributed by atoms with Gasteiger partial charge in [-0.1, -0.05) is 18.2 Å². The maximum absolute atomic E-state index is 11.9. The molecule has 0 bridgehead atoms. The van der Waals surface area contributed by atoms with Gasteiger partial charge in [0.2, 0.25) is 0 Å². The number of aliphatic carboxylic acids is 1. The average molecular weight is 285 g/mol. The van der Waals surface area contributed by atoms with Gasteiger partial charge in [0.25, 0.3) is 5.91 Å². The van der Waals surface area contributed by atoms with Gasteiger partial charge in [0, 0.05) is 25.9 Å². The predicted octanol–water partition coefficient (Wildman–Crippen LogP) is 1.45. The standard InChI is InChI=1S/C15H15N3O3/c1-18-9-13(17-10-18)15(21)16-8-12-4-2-3-11(7-12)5-6-14(19)20/h2-7,9-10H,8H2,1H3,(H,16,21)(H,19,20)/b6-5+. The van der Waals surface area contributed by atoms with Gasteiger partial charge in [0.15, 0.2) is 0 Å². The van der Waals surface area contributed by atoms with E-state index in [4.69, 9.17) is 5.11 Å². The highest BCUT2D eigenvalue weighted by Crippen LogP contribution is 2.07. The number of carboxylic acid groups (broad SMARTS) is 1. The second-order valence-corrected chi connectivity index (χ2v) is 4.52. The second-order valence-electron chi connectivity index (χ2n) is 4.52. The van der Waals surface area contributed by atoms with Crippen LogP contribution in [0.2, 0.25) is 0 Å². The quantitative estimate of drug-likeness (QED) is 0.814. The Kier molecular flexibility index (Phi) is 4.50. The van der Waals surface area contributed by atoms with Crippen molar-refractivity contribution in [1.82, 2.24) is 14.9 Å². The zero-order chi connectivity index (χ0) is 15.2. The largest absolute Gasteiger partial charge is 0.478 e. The zero-order valence-corrected chi connectivity index (χ0v) is 11.5. The molecule has 0 aliphatic heterocycles. The molecule has 1 aromatic carbocycles. The molecule has 108 valence electrons. The molecule has 6 nitrogen and oxygen atoms in total. The number of nitrogens with one attached hydrogen (secondary N) is 1. The number of amides is 1. The summed E-state index contributed by atoms with van der Waals surface area (Å²) in [6, 6.07) is 7.28. The molecule has 0 saturated carbocycles. The third kappa shape index (κ3) is 4.31. The van der Waals surface area contributed by atoms with Crippen LogP contribution in [-0.4, -0.2) is 26.5 Å². The molecule has 0 unspecified atom stereocenters. The Hall–Kier alpha value is -2.89. The highest BCUT2D eigenvalue weighted by Gasteiger charge is 2.07. The number of imidazole rings is 1.